The van der Waals surface area contributed by atoms with Crippen LogP contribution in [0.1, 0.15) is 401 Å². The third kappa shape index (κ3) is 36.2. The topological polar surface area (TPSA) is 60.4 Å². The van der Waals surface area contributed by atoms with E-state index in [4.69, 9.17) is 15.0 Å². The highest BCUT2D eigenvalue weighted by molar-refractivity contribution is 7.97. The van der Waals surface area contributed by atoms with E-state index in [1.807, 2.05) is 14.7 Å². The van der Waals surface area contributed by atoms with E-state index in [0.717, 1.165) is 0 Å². The van der Waals surface area contributed by atoms with Gasteiger partial charge in [-0.05, 0) is 132 Å². The van der Waals surface area contributed by atoms with Crippen molar-refractivity contribution in [3.05, 3.63) is 86.5 Å². The van der Waals surface area contributed by atoms with Crippen LogP contribution in [0.5, 0.6) is 0 Å². The van der Waals surface area contributed by atoms with Gasteiger partial charge in [-0.25, -0.2) is 0 Å². The molecule has 494 valence electrons. The standard InChI is InChI=1S/C81H141S.CH2O3/c1-10-19-28-37-46-55-70-64-73(58-49-40-31-22-13-4)79(74(65-70)59-50-41-32-23-14-5)82(80-75(60-51-42-33-24-15-6)66-71(56-47-38-29-20-11-2)67-76(80)61-52-43-34-25-16-7)81-77(62-53-44-35-26-17-8)68-72(57-48-39-30-21-12-3)69-78(81)63-54-45-36-27-18-9;2-1(3)4/h64-69H,10-63H2,1-9H3;(H2,2,3,4)/q+1;/p-1. The molecule has 0 atom stereocenters. The summed E-state index contributed by atoms with van der Waals surface area (Å²) in [4.78, 5) is 14.0. The summed E-state index contributed by atoms with van der Waals surface area (Å²) in [5, 5.41) is 15.3. The van der Waals surface area contributed by atoms with Crippen LogP contribution in [0.25, 0.3) is 0 Å². The van der Waals surface area contributed by atoms with Crippen molar-refractivity contribution >= 4 is 17.1 Å². The van der Waals surface area contributed by atoms with E-state index in [0.29, 0.717) is 0 Å². The van der Waals surface area contributed by atoms with E-state index in [1.165, 1.54) is 347 Å². The number of carbonyl (C=O) groups is 1. The maximum absolute atomic E-state index is 8.44. The Bertz CT molecular complexity index is 1740. The lowest BCUT2D eigenvalue weighted by Gasteiger charge is -2.26. The second kappa shape index (κ2) is 55.1. The van der Waals surface area contributed by atoms with E-state index in [9.17, 15) is 0 Å². The molecule has 0 unspecified atom stereocenters. The van der Waals surface area contributed by atoms with Gasteiger partial charge in [-0.1, -0.05) is 330 Å². The number of rotatable bonds is 57. The van der Waals surface area contributed by atoms with E-state index < -0.39 is 6.16 Å². The first-order chi connectivity index (χ1) is 42.2. The van der Waals surface area contributed by atoms with Crippen molar-refractivity contribution < 1.29 is 15.0 Å². The minimum atomic E-state index is -2.08. The molecule has 0 aromatic heterocycles. The average Bonchev–Trinajstić information content (AvgIpc) is 1.16. The average molecular weight is 1210 g/mol. The second-order valence-electron chi connectivity index (χ2n) is 26.8. The van der Waals surface area contributed by atoms with Gasteiger partial charge >= 0.3 is 0 Å². The molecule has 0 radical (unpaired) electrons. The fourth-order valence-corrected chi connectivity index (χ4v) is 16.6. The van der Waals surface area contributed by atoms with Crippen LogP contribution in [0.15, 0.2) is 51.1 Å². The van der Waals surface area contributed by atoms with Crippen molar-refractivity contribution in [3.8, 4) is 0 Å². The maximum Gasteiger partial charge on any atom is 0.249 e. The smallest absolute Gasteiger partial charge is 0.249 e. The Morgan fingerprint density at radius 2 is 0.384 bits per heavy atom. The Hall–Kier alpha value is -2.72. The molecule has 0 saturated heterocycles. The largest absolute Gasteiger partial charge is 0.565 e. The molecule has 0 bridgehead atoms. The van der Waals surface area contributed by atoms with Gasteiger partial charge in [0.15, 0.2) is 14.7 Å². The molecule has 0 aliphatic carbocycles. The van der Waals surface area contributed by atoms with Gasteiger partial charge in [0.2, 0.25) is 6.16 Å². The normalized spacial score (nSPS) is 11.5. The highest BCUT2D eigenvalue weighted by atomic mass is 32.2. The Morgan fingerprint density at radius 3 is 0.523 bits per heavy atom. The Kier molecular flexibility index (Phi) is 50.9. The van der Waals surface area contributed by atoms with Crippen molar-refractivity contribution in [2.24, 2.45) is 0 Å². The van der Waals surface area contributed by atoms with Gasteiger partial charge in [-0.15, -0.1) is 0 Å². The summed E-state index contributed by atoms with van der Waals surface area (Å²) in [6.07, 6.45) is 70.2. The van der Waals surface area contributed by atoms with E-state index in [-0.39, 0.29) is 10.9 Å². The molecule has 3 aromatic rings. The lowest BCUT2D eigenvalue weighted by atomic mass is 9.94. The molecule has 0 amide bonds. The zero-order valence-electron chi connectivity index (χ0n) is 58.8. The first kappa shape index (κ1) is 79.4. The molecule has 3 aromatic carbocycles. The monoisotopic (exact) mass is 1210 g/mol. The van der Waals surface area contributed by atoms with Gasteiger partial charge < -0.3 is 15.0 Å². The van der Waals surface area contributed by atoms with Crippen LogP contribution in [0.2, 0.25) is 0 Å². The summed E-state index contributed by atoms with van der Waals surface area (Å²) in [7, 11) is -0.192. The molecule has 0 aliphatic heterocycles. The predicted octanol–water partition coefficient (Wildman–Crippen LogP) is 26.3. The lowest BCUT2D eigenvalue weighted by molar-refractivity contribution is -0.275. The number of carboxylic acid groups (broad SMARTS) is 2. The molecule has 1 N–H and O–H groups in total. The first-order valence-electron chi connectivity index (χ1n) is 38.3. The first-order valence-corrected chi connectivity index (χ1v) is 39.5. The number of unbranched alkanes of at least 4 members (excludes halogenated alkanes) is 36. The molecule has 0 heterocycles. The summed E-state index contributed by atoms with van der Waals surface area (Å²) in [5.41, 5.74) is 15.7. The maximum atomic E-state index is 8.44. The van der Waals surface area contributed by atoms with Crippen LogP contribution in [0, 0.1) is 0 Å². The summed E-state index contributed by atoms with van der Waals surface area (Å²) >= 11 is 0. The summed E-state index contributed by atoms with van der Waals surface area (Å²) < 4.78 is 0. The zero-order valence-corrected chi connectivity index (χ0v) is 59.6. The van der Waals surface area contributed by atoms with Gasteiger partial charge in [0.05, 0.1) is 0 Å². The van der Waals surface area contributed by atoms with Crippen molar-refractivity contribution in [2.45, 2.75) is 424 Å². The number of hydrogen-bond donors (Lipinski definition) is 1. The minimum Gasteiger partial charge on any atom is -0.565 e. The van der Waals surface area contributed by atoms with E-state index in [2.05, 4.69) is 98.7 Å². The molecule has 0 aliphatic rings. The molecule has 0 saturated carbocycles. The summed E-state index contributed by atoms with van der Waals surface area (Å²) in [6.45, 7) is 21.6. The van der Waals surface area contributed by atoms with Gasteiger partial charge in [0.1, 0.15) is 10.9 Å². The predicted molar refractivity (Wildman–Crippen MR) is 382 cm³/mol. The second-order valence-corrected chi connectivity index (χ2v) is 28.6. The SMILES string of the molecule is CCCCCCCc1cc(CCCCCCC)c([S+](c2c(CCCCCCC)cc(CCCCCCC)cc2CCCCCCC)c2c(CCCCCCC)cc(CCCCCCC)cc2CCCCCCC)c(CCCCCCC)c1.O=C([O-])O. The Morgan fingerprint density at radius 1 is 0.256 bits per heavy atom. The fourth-order valence-electron chi connectivity index (χ4n) is 13.4. The third-order valence-electron chi connectivity index (χ3n) is 18.5. The molecular weight excluding hydrogens is 1060 g/mol. The number of hydrogen-bond acceptors (Lipinski definition) is 2. The van der Waals surface area contributed by atoms with Crippen molar-refractivity contribution in [2.75, 3.05) is 0 Å². The minimum absolute atomic E-state index is 0.192. The molecular formula is C82H142O3S. The lowest BCUT2D eigenvalue weighted by Crippen LogP contribution is -2.20. The van der Waals surface area contributed by atoms with Crippen LogP contribution < -0.4 is 5.11 Å². The molecule has 0 fully saturated rings. The van der Waals surface area contributed by atoms with Crippen LogP contribution >= 0.6 is 0 Å². The van der Waals surface area contributed by atoms with Gasteiger partial charge in [0, 0.05) is 33.4 Å². The number of aryl methyl sites for hydroxylation is 9. The molecule has 3 nitrogen and oxygen atoms in total. The van der Waals surface area contributed by atoms with Crippen LogP contribution in [-0.4, -0.2) is 11.3 Å². The van der Waals surface area contributed by atoms with Crippen LogP contribution in [0.4, 0.5) is 4.79 Å². The van der Waals surface area contributed by atoms with E-state index >= 15 is 0 Å². The van der Waals surface area contributed by atoms with E-state index in [1.54, 1.807) is 50.1 Å². The Balaban J connectivity index is 0.00000610. The van der Waals surface area contributed by atoms with Gasteiger partial charge in [0.25, 0.3) is 0 Å². The van der Waals surface area contributed by atoms with Crippen molar-refractivity contribution in [1.82, 2.24) is 0 Å². The quantitative estimate of drug-likeness (QED) is 0.0453. The summed E-state index contributed by atoms with van der Waals surface area (Å²) in [5.74, 6) is 0. The molecule has 3 rings (SSSR count). The molecule has 86 heavy (non-hydrogen) atoms. The van der Waals surface area contributed by atoms with Gasteiger partial charge in [-0.3, -0.25) is 0 Å². The highest BCUT2D eigenvalue weighted by Crippen LogP contribution is 2.46. The van der Waals surface area contributed by atoms with Crippen molar-refractivity contribution in [1.29, 1.82) is 0 Å². The fraction of sp³-hybridized carbons (Fsp3) is 0.768. The zero-order chi connectivity index (χ0) is 62.5. The van der Waals surface area contributed by atoms with Crippen LogP contribution in [0.3, 0.4) is 0 Å². The summed E-state index contributed by atoms with van der Waals surface area (Å²) in [6, 6.07) is 17.3. The van der Waals surface area contributed by atoms with Crippen LogP contribution in [-0.2, 0) is 68.7 Å². The number of benzene rings is 3. The Labute approximate surface area is 539 Å². The third-order valence-corrected chi connectivity index (χ3v) is 21.3. The highest BCUT2D eigenvalue weighted by Gasteiger charge is 2.41. The molecule has 4 heteroatoms. The van der Waals surface area contributed by atoms with Crippen molar-refractivity contribution in [3.63, 3.8) is 0 Å². The van der Waals surface area contributed by atoms with Gasteiger partial charge in [-0.2, -0.15) is 0 Å². The molecule has 0 spiro atoms.